The Hall–Kier alpha value is -19.6. The molecular weight excluding hydrogens is 1800 g/mol. The predicted octanol–water partition coefficient (Wildman–Crippen LogP) is 37.0. The van der Waals surface area contributed by atoms with Gasteiger partial charge in [-0.2, -0.15) is 0 Å². The van der Waals surface area contributed by atoms with Gasteiger partial charge in [0, 0.05) is 127 Å². The summed E-state index contributed by atoms with van der Waals surface area (Å²) in [5, 5.41) is 25.4. The van der Waals surface area contributed by atoms with Crippen molar-refractivity contribution in [1.29, 1.82) is 0 Å². The number of aromatic nitrogens is 6. The van der Waals surface area contributed by atoms with E-state index in [9.17, 15) is 0 Å². The summed E-state index contributed by atoms with van der Waals surface area (Å²) in [6.45, 7) is 4.67. The van der Waals surface area contributed by atoms with Gasteiger partial charge >= 0.3 is 0 Å². The standard InChI is InChI=1S/C47H29N3O.C44H29N3O.C44H25NO3/c1-3-10-30(11-4-1)31-18-23-35(24-19-31)46-48-45(34-12-5-2-6-13-34)49-47(50-46)38-15-9-14-36(28-38)37-25-21-32-20-22-33-26-27-42-44(43(33)40(32)29-37)39-16-7-8-17-41(39)51-42;1-44(2)34-16-8-6-13-31(34)40-35(44)24-22-26-19-20-28-25-29(21-23-30(28)38(26)40)42-45-41(27-11-4-3-5-12-27)46-43(47-42)33-15-10-18-37-39(33)32-14-7-9-17-36(32)48-37;1-4-10-37-31(7-1)33-20-18-30(25-42(33)48-37)45(29-19-22-40-36(24-29)32-8-2-5-11-38(32)46-40)28-17-15-26-13-14-27-16-21-41-44(43(27)35(26)23-28)34-9-3-6-12-39(34)47-41/h1-29H;3-25H,1-2H3;1-25H. The van der Waals surface area contributed by atoms with E-state index in [1.807, 2.05) is 146 Å². The molecule has 0 amide bonds. The first-order chi connectivity index (χ1) is 72.6. The summed E-state index contributed by atoms with van der Waals surface area (Å²) in [6, 6.07) is 163. The second-order valence-electron chi connectivity index (χ2n) is 38.5. The molecule has 147 heavy (non-hydrogen) atoms. The van der Waals surface area contributed by atoms with Crippen molar-refractivity contribution < 1.29 is 22.1 Å². The lowest BCUT2D eigenvalue weighted by molar-refractivity contribution is 0.661. The highest BCUT2D eigenvalue weighted by atomic mass is 16.3. The Morgan fingerprint density at radius 2 is 0.510 bits per heavy atom. The summed E-state index contributed by atoms with van der Waals surface area (Å²) in [5.74, 6) is 3.79. The molecule has 1 aliphatic carbocycles. The molecule has 0 atom stereocenters. The molecule has 0 saturated carbocycles. The Kier molecular flexibility index (Phi) is 19.4. The highest BCUT2D eigenvalue weighted by Gasteiger charge is 2.37. The van der Waals surface area contributed by atoms with Crippen molar-refractivity contribution in [3.63, 3.8) is 0 Å². The van der Waals surface area contributed by atoms with Gasteiger partial charge in [0.2, 0.25) is 0 Å². The zero-order chi connectivity index (χ0) is 97.1. The molecule has 0 spiro atoms. The van der Waals surface area contributed by atoms with E-state index < -0.39 is 0 Å². The van der Waals surface area contributed by atoms with Crippen LogP contribution in [0.5, 0.6) is 0 Å². The van der Waals surface area contributed by atoms with E-state index in [4.69, 9.17) is 52.0 Å². The minimum atomic E-state index is -0.0550. The van der Waals surface area contributed by atoms with E-state index in [-0.39, 0.29) is 5.41 Å². The van der Waals surface area contributed by atoms with Crippen LogP contribution in [0, 0.1) is 0 Å². The Bertz CT molecular complexity index is 10700. The first kappa shape index (κ1) is 84.3. The van der Waals surface area contributed by atoms with Crippen molar-refractivity contribution in [2.24, 2.45) is 0 Å². The Balaban J connectivity index is 0.000000104. The van der Waals surface area contributed by atoms with Crippen molar-refractivity contribution in [3.8, 4) is 102 Å². The molecule has 7 aromatic heterocycles. The van der Waals surface area contributed by atoms with Crippen LogP contribution in [-0.2, 0) is 5.41 Å². The fourth-order valence-corrected chi connectivity index (χ4v) is 22.6. The van der Waals surface area contributed by atoms with Gasteiger partial charge in [0.05, 0.1) is 0 Å². The van der Waals surface area contributed by atoms with Crippen LogP contribution in [0.2, 0.25) is 0 Å². The topological polar surface area (TPSA) is 146 Å². The average molecular weight is 1880 g/mol. The molecule has 23 aromatic carbocycles. The molecule has 31 rings (SSSR count). The van der Waals surface area contributed by atoms with Crippen LogP contribution in [-0.4, -0.2) is 29.9 Å². The molecule has 1 aliphatic rings. The molecule has 30 aromatic rings. The summed E-state index contributed by atoms with van der Waals surface area (Å²) in [7, 11) is 0. The summed E-state index contributed by atoms with van der Waals surface area (Å²) in [4.78, 5) is 32.6. The molecule has 688 valence electrons. The van der Waals surface area contributed by atoms with E-state index in [0.717, 1.165) is 182 Å². The zero-order valence-electron chi connectivity index (χ0n) is 79.6. The SMILES string of the molecule is CC1(C)c2ccccc2-c2c1ccc1ccc3cc(-c4nc(-c5ccccc5)nc(-c5cccc6oc7ccccc7c56)n4)ccc3c21.c1ccc(-c2ccc(-c3nc(-c4ccccc4)nc(-c4cccc(-c5ccc6ccc7ccc8oc9ccccc9c8c7c6c5)c4)n3)cc2)cc1.c1ccc2c(c1)oc1cc(N(c3ccc4oc5ccccc5c4c3)c3ccc4ccc5ccc6oc7ccccc7c6c5c4c3)ccc12. The highest BCUT2D eigenvalue weighted by Crippen LogP contribution is 2.54. The Morgan fingerprint density at radius 3 is 1.14 bits per heavy atom. The average Bonchev–Trinajstić information content (AvgIpc) is 1.56. The van der Waals surface area contributed by atoms with Gasteiger partial charge < -0.3 is 27.0 Å². The second kappa shape index (κ2) is 33.8. The van der Waals surface area contributed by atoms with E-state index in [1.54, 1.807) is 0 Å². The minimum absolute atomic E-state index is 0.0550. The number of furan rings is 5. The predicted molar refractivity (Wildman–Crippen MR) is 603 cm³/mol. The van der Waals surface area contributed by atoms with Crippen LogP contribution in [0.25, 0.3) is 276 Å². The first-order valence-corrected chi connectivity index (χ1v) is 49.6. The molecule has 0 saturated heterocycles. The van der Waals surface area contributed by atoms with Crippen molar-refractivity contribution in [2.75, 3.05) is 4.90 Å². The van der Waals surface area contributed by atoms with Crippen LogP contribution in [0.4, 0.5) is 17.1 Å². The third kappa shape index (κ3) is 14.2. The van der Waals surface area contributed by atoms with Crippen LogP contribution in [0.3, 0.4) is 0 Å². The van der Waals surface area contributed by atoms with Gasteiger partial charge in [-0.3, -0.25) is 0 Å². The molecule has 12 nitrogen and oxygen atoms in total. The summed E-state index contributed by atoms with van der Waals surface area (Å²) < 4.78 is 31.4. The molecule has 0 N–H and O–H groups in total. The molecule has 0 unspecified atom stereocenters. The van der Waals surface area contributed by atoms with Crippen LogP contribution >= 0.6 is 0 Å². The second-order valence-corrected chi connectivity index (χ2v) is 38.5. The normalized spacial score (nSPS) is 12.3. The van der Waals surface area contributed by atoms with Crippen LogP contribution < -0.4 is 4.90 Å². The molecule has 0 bridgehead atoms. The fraction of sp³-hybridized carbons (Fsp3) is 0.0222. The third-order valence-corrected chi connectivity index (χ3v) is 29.6. The lowest BCUT2D eigenvalue weighted by Crippen LogP contribution is -2.14. The summed E-state index contributed by atoms with van der Waals surface area (Å²) in [6.07, 6.45) is 0. The number of para-hydroxylation sites is 5. The maximum Gasteiger partial charge on any atom is 0.164 e. The van der Waals surface area contributed by atoms with Gasteiger partial charge in [0.15, 0.2) is 34.9 Å². The molecule has 7 heterocycles. The fourth-order valence-electron chi connectivity index (χ4n) is 22.6. The maximum atomic E-state index is 6.39. The van der Waals surface area contributed by atoms with E-state index in [1.165, 1.54) is 87.1 Å². The van der Waals surface area contributed by atoms with Gasteiger partial charge in [-0.05, 0) is 208 Å². The van der Waals surface area contributed by atoms with Crippen LogP contribution in [0.15, 0.2) is 489 Å². The number of nitrogens with zero attached hydrogens (tertiary/aromatic N) is 7. The van der Waals surface area contributed by atoms with Crippen molar-refractivity contribution in [1.82, 2.24) is 29.9 Å². The third-order valence-electron chi connectivity index (χ3n) is 29.6. The molecule has 0 fully saturated rings. The van der Waals surface area contributed by atoms with Crippen molar-refractivity contribution in [3.05, 3.63) is 478 Å². The number of benzene rings is 23. The van der Waals surface area contributed by atoms with Gasteiger partial charge in [-0.15, -0.1) is 0 Å². The monoisotopic (exact) mass is 1880 g/mol. The van der Waals surface area contributed by atoms with E-state index in [0.29, 0.717) is 34.9 Å². The lowest BCUT2D eigenvalue weighted by atomic mass is 9.82. The Morgan fingerprint density at radius 1 is 0.170 bits per heavy atom. The first-order valence-electron chi connectivity index (χ1n) is 49.6. The van der Waals surface area contributed by atoms with Crippen molar-refractivity contribution in [2.45, 2.75) is 19.3 Å². The molecule has 12 heteroatoms. The lowest BCUT2D eigenvalue weighted by Gasteiger charge is -2.26. The van der Waals surface area contributed by atoms with Gasteiger partial charge in [-0.25, -0.2) is 29.9 Å². The smallest absolute Gasteiger partial charge is 0.164 e. The number of hydrogen-bond donors (Lipinski definition) is 0. The highest BCUT2D eigenvalue weighted by molar-refractivity contribution is 6.29. The molecule has 0 aliphatic heterocycles. The zero-order valence-corrected chi connectivity index (χ0v) is 79.6. The molecular formula is C135H83N7O5. The maximum absolute atomic E-state index is 6.39. The van der Waals surface area contributed by atoms with E-state index >= 15 is 0 Å². The van der Waals surface area contributed by atoms with Crippen molar-refractivity contribution >= 4 is 191 Å². The number of hydrogen-bond acceptors (Lipinski definition) is 12. The van der Waals surface area contributed by atoms with E-state index in [2.05, 4.69) is 340 Å². The number of anilines is 3. The number of rotatable bonds is 11. The largest absolute Gasteiger partial charge is 0.456 e. The van der Waals surface area contributed by atoms with Gasteiger partial charge in [0.25, 0.3) is 0 Å². The minimum Gasteiger partial charge on any atom is -0.456 e. The molecule has 0 radical (unpaired) electrons. The summed E-state index contributed by atoms with van der Waals surface area (Å²) in [5.41, 5.74) is 27.3. The van der Waals surface area contributed by atoms with Crippen LogP contribution in [0.1, 0.15) is 25.0 Å². The van der Waals surface area contributed by atoms with Gasteiger partial charge in [-0.1, -0.05) is 366 Å². The number of fused-ring (bicyclic) bond motifs is 30. The quantitative estimate of drug-likeness (QED) is 0.114. The summed E-state index contributed by atoms with van der Waals surface area (Å²) >= 11 is 0. The Labute approximate surface area is 841 Å². The van der Waals surface area contributed by atoms with Gasteiger partial charge in [0.1, 0.15) is 55.8 Å².